The van der Waals surface area contributed by atoms with Crippen LogP contribution in [0, 0.1) is 5.82 Å². The fraction of sp³-hybridized carbons (Fsp3) is 0.333. The minimum absolute atomic E-state index is 0.0142. The lowest BCUT2D eigenvalue weighted by Crippen LogP contribution is -2.37. The number of nitrogens with zero attached hydrogens (tertiary/aromatic N) is 2. The van der Waals surface area contributed by atoms with E-state index in [0.29, 0.717) is 18.4 Å². The third-order valence-electron chi connectivity index (χ3n) is 4.42. The van der Waals surface area contributed by atoms with Gasteiger partial charge in [0.05, 0.1) is 17.1 Å². The zero-order chi connectivity index (χ0) is 18.0. The molecule has 3 rings (SSSR count). The van der Waals surface area contributed by atoms with Crippen LogP contribution in [0.25, 0.3) is 0 Å². The number of carbonyl (C=O) groups is 1. The maximum atomic E-state index is 13.2. The fourth-order valence-corrected chi connectivity index (χ4v) is 4.74. The topological polar surface area (TPSA) is 67.3 Å². The van der Waals surface area contributed by atoms with Crippen molar-refractivity contribution in [2.45, 2.75) is 18.9 Å². The average Bonchev–Trinajstić information content (AvgIpc) is 2.94. The molecule has 1 atom stereocenters. The predicted octanol–water partition coefficient (Wildman–Crippen LogP) is 2.07. The highest BCUT2D eigenvalue weighted by Gasteiger charge is 2.33. The van der Waals surface area contributed by atoms with E-state index >= 15 is 0 Å². The number of benzene rings is 1. The first-order valence-electron chi connectivity index (χ1n) is 8.01. The van der Waals surface area contributed by atoms with Crippen molar-refractivity contribution in [2.24, 2.45) is 0 Å². The fourth-order valence-electron chi connectivity index (χ4n) is 2.96. The summed E-state index contributed by atoms with van der Waals surface area (Å²) in [5.41, 5.74) is 1.95. The molecular weight excluding hydrogens is 343 g/mol. The number of sulfone groups is 1. The van der Waals surface area contributed by atoms with Crippen LogP contribution in [-0.4, -0.2) is 48.8 Å². The second-order valence-electron chi connectivity index (χ2n) is 6.32. The second kappa shape index (κ2) is 6.92. The van der Waals surface area contributed by atoms with Gasteiger partial charge in [-0.25, -0.2) is 12.8 Å². The van der Waals surface area contributed by atoms with Gasteiger partial charge in [-0.15, -0.1) is 0 Å². The normalized spacial score (nSPS) is 18.9. The summed E-state index contributed by atoms with van der Waals surface area (Å²) < 4.78 is 36.4. The molecule has 0 unspecified atom stereocenters. The highest BCUT2D eigenvalue weighted by molar-refractivity contribution is 7.91. The minimum Gasteiger partial charge on any atom is -0.338 e. The van der Waals surface area contributed by atoms with E-state index in [0.717, 1.165) is 11.3 Å². The van der Waals surface area contributed by atoms with Crippen molar-refractivity contribution in [1.29, 1.82) is 0 Å². The lowest BCUT2D eigenvalue weighted by atomic mass is 10.1. The molecule has 1 aromatic carbocycles. The van der Waals surface area contributed by atoms with E-state index in [4.69, 9.17) is 0 Å². The largest absolute Gasteiger partial charge is 0.338 e. The van der Waals surface area contributed by atoms with Crippen LogP contribution in [0.4, 0.5) is 4.39 Å². The molecule has 1 amide bonds. The van der Waals surface area contributed by atoms with E-state index < -0.39 is 9.84 Å². The van der Waals surface area contributed by atoms with Gasteiger partial charge in [0.15, 0.2) is 9.84 Å². The molecular formula is C18H19FN2O3S. The Kier molecular flexibility index (Phi) is 4.85. The molecule has 132 valence electrons. The standard InChI is InChI=1S/C18H19FN2O3S/c1-21(17-7-8-25(23,24)12-17)18(22)14-5-6-16(20-11-14)10-13-3-2-4-15(19)9-13/h2-6,9,11,17H,7-8,10,12H2,1H3/t17-/m1/s1. The molecule has 0 radical (unpaired) electrons. The lowest BCUT2D eigenvalue weighted by Gasteiger charge is -2.23. The molecule has 1 fully saturated rings. The number of rotatable bonds is 4. The first kappa shape index (κ1) is 17.5. The van der Waals surface area contributed by atoms with Gasteiger partial charge in [-0.05, 0) is 36.2 Å². The van der Waals surface area contributed by atoms with E-state index in [1.807, 2.05) is 6.07 Å². The Balaban J connectivity index is 1.68. The second-order valence-corrected chi connectivity index (χ2v) is 8.55. The Hall–Kier alpha value is -2.28. The number of amides is 1. The number of hydrogen-bond acceptors (Lipinski definition) is 4. The monoisotopic (exact) mass is 362 g/mol. The molecule has 7 heteroatoms. The van der Waals surface area contributed by atoms with Crippen molar-refractivity contribution in [2.75, 3.05) is 18.6 Å². The smallest absolute Gasteiger partial charge is 0.255 e. The van der Waals surface area contributed by atoms with E-state index in [-0.39, 0.29) is 29.3 Å². The van der Waals surface area contributed by atoms with Gasteiger partial charge < -0.3 is 4.90 Å². The molecule has 1 aliphatic heterocycles. The molecule has 25 heavy (non-hydrogen) atoms. The summed E-state index contributed by atoms with van der Waals surface area (Å²) in [5.74, 6) is -0.398. The maximum Gasteiger partial charge on any atom is 0.255 e. The first-order chi connectivity index (χ1) is 11.8. The highest BCUT2D eigenvalue weighted by atomic mass is 32.2. The van der Waals surface area contributed by atoms with Crippen LogP contribution in [0.2, 0.25) is 0 Å². The van der Waals surface area contributed by atoms with Crippen LogP contribution in [0.15, 0.2) is 42.6 Å². The Bertz CT molecular complexity index is 881. The summed E-state index contributed by atoms with van der Waals surface area (Å²) in [6.45, 7) is 0. The molecule has 2 heterocycles. The van der Waals surface area contributed by atoms with Crippen LogP contribution in [0.3, 0.4) is 0 Å². The molecule has 0 bridgehead atoms. The van der Waals surface area contributed by atoms with Crippen LogP contribution < -0.4 is 0 Å². The minimum atomic E-state index is -3.04. The highest BCUT2D eigenvalue weighted by Crippen LogP contribution is 2.18. The zero-order valence-corrected chi connectivity index (χ0v) is 14.7. The van der Waals surface area contributed by atoms with Crippen molar-refractivity contribution in [3.8, 4) is 0 Å². The van der Waals surface area contributed by atoms with Gasteiger partial charge in [0.2, 0.25) is 0 Å². The number of halogens is 1. The lowest BCUT2D eigenvalue weighted by molar-refractivity contribution is 0.0747. The Morgan fingerprint density at radius 3 is 2.72 bits per heavy atom. The molecule has 1 aromatic heterocycles. The van der Waals surface area contributed by atoms with E-state index in [1.54, 1.807) is 25.2 Å². The molecule has 1 saturated heterocycles. The van der Waals surface area contributed by atoms with Crippen molar-refractivity contribution in [3.63, 3.8) is 0 Å². The predicted molar refractivity (Wildman–Crippen MR) is 92.6 cm³/mol. The number of hydrogen-bond donors (Lipinski definition) is 0. The van der Waals surface area contributed by atoms with Gasteiger partial charge in [-0.3, -0.25) is 9.78 Å². The molecule has 5 nitrogen and oxygen atoms in total. The van der Waals surface area contributed by atoms with Crippen molar-refractivity contribution >= 4 is 15.7 Å². The summed E-state index contributed by atoms with van der Waals surface area (Å²) in [6.07, 6.45) is 2.43. The maximum absolute atomic E-state index is 13.2. The van der Waals surface area contributed by atoms with Crippen LogP contribution in [0.5, 0.6) is 0 Å². The molecule has 0 N–H and O–H groups in total. The van der Waals surface area contributed by atoms with Crippen LogP contribution in [-0.2, 0) is 16.3 Å². The molecule has 0 saturated carbocycles. The van der Waals surface area contributed by atoms with Gasteiger partial charge in [0, 0.05) is 31.4 Å². The van der Waals surface area contributed by atoms with Crippen molar-refractivity contribution in [3.05, 3.63) is 65.2 Å². The number of carbonyl (C=O) groups excluding carboxylic acids is 1. The first-order valence-corrected chi connectivity index (χ1v) is 9.83. The third-order valence-corrected chi connectivity index (χ3v) is 6.17. The summed E-state index contributed by atoms with van der Waals surface area (Å²) in [6, 6.07) is 9.42. The summed E-state index contributed by atoms with van der Waals surface area (Å²) in [4.78, 5) is 18.3. The summed E-state index contributed by atoms with van der Waals surface area (Å²) in [5, 5.41) is 0. The van der Waals surface area contributed by atoms with Crippen molar-refractivity contribution in [1.82, 2.24) is 9.88 Å². The van der Waals surface area contributed by atoms with Crippen LogP contribution in [0.1, 0.15) is 28.0 Å². The third kappa shape index (κ3) is 4.22. The van der Waals surface area contributed by atoms with E-state index in [1.165, 1.54) is 23.2 Å². The molecule has 0 aliphatic carbocycles. The summed E-state index contributed by atoms with van der Waals surface area (Å²) >= 11 is 0. The van der Waals surface area contributed by atoms with E-state index in [9.17, 15) is 17.6 Å². The molecule has 2 aromatic rings. The van der Waals surface area contributed by atoms with Gasteiger partial charge >= 0.3 is 0 Å². The summed E-state index contributed by atoms with van der Waals surface area (Å²) in [7, 11) is -1.42. The van der Waals surface area contributed by atoms with Crippen LogP contribution >= 0.6 is 0 Å². The quantitative estimate of drug-likeness (QED) is 0.835. The number of aromatic nitrogens is 1. The average molecular weight is 362 g/mol. The van der Waals surface area contributed by atoms with Gasteiger partial charge in [0.1, 0.15) is 5.82 Å². The van der Waals surface area contributed by atoms with Crippen molar-refractivity contribution < 1.29 is 17.6 Å². The van der Waals surface area contributed by atoms with Gasteiger partial charge in [-0.1, -0.05) is 12.1 Å². The Morgan fingerprint density at radius 2 is 2.12 bits per heavy atom. The van der Waals surface area contributed by atoms with Gasteiger partial charge in [-0.2, -0.15) is 0 Å². The molecule has 0 spiro atoms. The SMILES string of the molecule is CN(C(=O)c1ccc(Cc2cccc(F)c2)nc1)[C@@H]1CCS(=O)(=O)C1. The Morgan fingerprint density at radius 1 is 1.32 bits per heavy atom. The number of pyridine rings is 1. The van der Waals surface area contributed by atoms with Gasteiger partial charge in [0.25, 0.3) is 5.91 Å². The zero-order valence-electron chi connectivity index (χ0n) is 13.9. The van der Waals surface area contributed by atoms with E-state index in [2.05, 4.69) is 4.98 Å². The Labute approximate surface area is 146 Å². The molecule has 1 aliphatic rings.